The van der Waals surface area contributed by atoms with E-state index >= 15 is 0 Å². The van der Waals surface area contributed by atoms with Gasteiger partial charge in [0.15, 0.2) is 0 Å². The van der Waals surface area contributed by atoms with Crippen LogP contribution < -0.4 is 5.32 Å². The molecule has 1 saturated heterocycles. The fourth-order valence-corrected chi connectivity index (χ4v) is 3.06. The second-order valence-corrected chi connectivity index (χ2v) is 5.88. The van der Waals surface area contributed by atoms with Crippen molar-refractivity contribution in [2.24, 2.45) is 11.8 Å². The average Bonchev–Trinajstić information content (AvgIpc) is 2.00. The Morgan fingerprint density at radius 1 is 1.21 bits per heavy atom. The molecule has 1 aliphatic heterocycles. The molecule has 2 nitrogen and oxygen atoms in total. The van der Waals surface area contributed by atoms with Crippen molar-refractivity contribution in [1.29, 1.82) is 0 Å². The first-order valence-electron chi connectivity index (χ1n) is 5.89. The van der Waals surface area contributed by atoms with Crippen LogP contribution in [0.4, 0.5) is 0 Å². The summed E-state index contributed by atoms with van der Waals surface area (Å²) in [6.07, 6.45) is 3.01. The second-order valence-electron chi connectivity index (χ2n) is 5.88. The first kappa shape index (κ1) is 10.4. The first-order valence-corrected chi connectivity index (χ1v) is 5.89. The Morgan fingerprint density at radius 2 is 1.93 bits per heavy atom. The van der Waals surface area contributed by atoms with Crippen LogP contribution in [0.25, 0.3) is 0 Å². The molecule has 2 aliphatic rings. The number of fused-ring (bicyclic) bond motifs is 1. The van der Waals surface area contributed by atoms with Gasteiger partial charge in [0.2, 0.25) is 0 Å². The number of hydrogen-bond donors (Lipinski definition) is 1. The number of nitrogens with one attached hydrogen (secondary N) is 1. The summed E-state index contributed by atoms with van der Waals surface area (Å²) in [6, 6.07) is 0.597. The quantitative estimate of drug-likeness (QED) is 0.642. The highest BCUT2D eigenvalue weighted by Gasteiger charge is 2.41. The van der Waals surface area contributed by atoms with Crippen LogP contribution >= 0.6 is 0 Å². The highest BCUT2D eigenvalue weighted by molar-refractivity contribution is 4.95. The Labute approximate surface area is 87.4 Å². The predicted octanol–water partition coefficient (Wildman–Crippen LogP) is 2.19. The van der Waals surface area contributed by atoms with E-state index in [1.54, 1.807) is 0 Å². The summed E-state index contributed by atoms with van der Waals surface area (Å²) < 4.78 is 6.16. The van der Waals surface area contributed by atoms with Crippen LogP contribution in [0.3, 0.4) is 0 Å². The molecule has 1 saturated carbocycles. The highest BCUT2D eigenvalue weighted by atomic mass is 16.5. The van der Waals surface area contributed by atoms with Gasteiger partial charge in [0.05, 0.1) is 11.7 Å². The highest BCUT2D eigenvalue weighted by Crippen LogP contribution is 2.35. The van der Waals surface area contributed by atoms with Crippen LogP contribution in [0.2, 0.25) is 0 Å². The van der Waals surface area contributed by atoms with E-state index in [4.69, 9.17) is 4.74 Å². The minimum Gasteiger partial charge on any atom is -0.369 e. The maximum atomic E-state index is 6.16. The lowest BCUT2D eigenvalue weighted by molar-refractivity contribution is -0.142. The van der Waals surface area contributed by atoms with Crippen molar-refractivity contribution in [3.8, 4) is 0 Å². The van der Waals surface area contributed by atoms with Gasteiger partial charge in [0, 0.05) is 12.6 Å². The molecule has 1 aliphatic carbocycles. The number of hydrogen-bond acceptors (Lipinski definition) is 2. The van der Waals surface area contributed by atoms with E-state index < -0.39 is 0 Å². The monoisotopic (exact) mass is 197 g/mol. The van der Waals surface area contributed by atoms with Crippen molar-refractivity contribution in [3.05, 3.63) is 0 Å². The van der Waals surface area contributed by atoms with Crippen molar-refractivity contribution < 1.29 is 4.74 Å². The predicted molar refractivity (Wildman–Crippen MR) is 58.3 cm³/mol. The Morgan fingerprint density at radius 3 is 2.64 bits per heavy atom. The van der Waals surface area contributed by atoms with Gasteiger partial charge in [-0.1, -0.05) is 13.8 Å². The molecule has 0 bridgehead atoms. The van der Waals surface area contributed by atoms with Gasteiger partial charge in [0.25, 0.3) is 0 Å². The van der Waals surface area contributed by atoms with E-state index in [0.29, 0.717) is 12.1 Å². The van der Waals surface area contributed by atoms with Gasteiger partial charge in [0.1, 0.15) is 0 Å². The average molecular weight is 197 g/mol. The Kier molecular flexibility index (Phi) is 2.61. The summed E-state index contributed by atoms with van der Waals surface area (Å²) in [5, 5.41) is 3.66. The molecule has 0 aromatic carbocycles. The van der Waals surface area contributed by atoms with Crippen molar-refractivity contribution in [3.63, 3.8) is 0 Å². The number of rotatable bonds is 0. The number of ether oxygens (including phenoxy) is 1. The third-order valence-corrected chi connectivity index (χ3v) is 3.66. The molecule has 0 amide bonds. The van der Waals surface area contributed by atoms with Crippen LogP contribution in [0.5, 0.6) is 0 Å². The molecular weight excluding hydrogens is 174 g/mol. The van der Waals surface area contributed by atoms with Gasteiger partial charge < -0.3 is 10.1 Å². The van der Waals surface area contributed by atoms with E-state index in [9.17, 15) is 0 Å². The molecule has 1 N–H and O–H groups in total. The van der Waals surface area contributed by atoms with E-state index in [-0.39, 0.29) is 5.60 Å². The van der Waals surface area contributed by atoms with E-state index in [0.717, 1.165) is 18.4 Å². The van der Waals surface area contributed by atoms with Crippen LogP contribution in [0, 0.1) is 11.8 Å². The Bertz CT molecular complexity index is 214. The van der Waals surface area contributed by atoms with E-state index in [1.165, 1.54) is 12.8 Å². The summed E-state index contributed by atoms with van der Waals surface area (Å²) in [5.41, 5.74) is 0.0257. The smallest absolute Gasteiger partial charge is 0.0755 e. The molecule has 0 aromatic heterocycles. The lowest BCUT2D eigenvalue weighted by Crippen LogP contribution is -2.61. The normalized spacial score (nSPS) is 47.1. The molecule has 82 valence electrons. The van der Waals surface area contributed by atoms with Crippen LogP contribution in [-0.4, -0.2) is 24.3 Å². The lowest BCUT2D eigenvalue weighted by atomic mass is 9.76. The summed E-state index contributed by atoms with van der Waals surface area (Å²) >= 11 is 0. The molecule has 2 heteroatoms. The van der Waals surface area contributed by atoms with E-state index in [1.807, 2.05) is 0 Å². The van der Waals surface area contributed by atoms with Crippen molar-refractivity contribution in [1.82, 2.24) is 5.32 Å². The molecule has 2 fully saturated rings. The van der Waals surface area contributed by atoms with Crippen LogP contribution in [0.1, 0.15) is 40.5 Å². The van der Waals surface area contributed by atoms with Crippen molar-refractivity contribution >= 4 is 0 Å². The first-order chi connectivity index (χ1) is 6.48. The zero-order valence-electron chi connectivity index (χ0n) is 9.84. The topological polar surface area (TPSA) is 21.3 Å². The molecule has 1 heterocycles. The van der Waals surface area contributed by atoms with Gasteiger partial charge in [-0.3, -0.25) is 0 Å². The second kappa shape index (κ2) is 3.49. The SMILES string of the molecule is CC1CC(C)C2NCC(C)(C)OC2C1. The van der Waals surface area contributed by atoms with Gasteiger partial charge in [-0.05, 0) is 38.5 Å². The van der Waals surface area contributed by atoms with E-state index in [2.05, 4.69) is 33.0 Å². The zero-order chi connectivity index (χ0) is 10.3. The Hall–Kier alpha value is -0.0800. The molecule has 0 aromatic rings. The largest absolute Gasteiger partial charge is 0.369 e. The fraction of sp³-hybridized carbons (Fsp3) is 1.00. The lowest BCUT2D eigenvalue weighted by Gasteiger charge is -2.48. The molecule has 14 heavy (non-hydrogen) atoms. The summed E-state index contributed by atoms with van der Waals surface area (Å²) in [4.78, 5) is 0. The maximum absolute atomic E-state index is 6.16. The molecule has 2 rings (SSSR count). The Balaban J connectivity index is 2.06. The van der Waals surface area contributed by atoms with Crippen molar-refractivity contribution in [2.75, 3.05) is 6.54 Å². The summed E-state index contributed by atoms with van der Waals surface area (Å²) in [7, 11) is 0. The molecule has 0 radical (unpaired) electrons. The van der Waals surface area contributed by atoms with Crippen LogP contribution in [0.15, 0.2) is 0 Å². The molecule has 4 unspecified atom stereocenters. The van der Waals surface area contributed by atoms with Gasteiger partial charge in [-0.2, -0.15) is 0 Å². The maximum Gasteiger partial charge on any atom is 0.0755 e. The number of morpholine rings is 1. The molecule has 0 spiro atoms. The molecule has 4 atom stereocenters. The standard InChI is InChI=1S/C12H23NO/c1-8-5-9(2)11-10(6-8)14-12(3,4)7-13-11/h8-11,13H,5-7H2,1-4H3. The zero-order valence-corrected chi connectivity index (χ0v) is 9.84. The third kappa shape index (κ3) is 1.96. The summed E-state index contributed by atoms with van der Waals surface area (Å²) in [6.45, 7) is 10.0. The summed E-state index contributed by atoms with van der Waals surface area (Å²) in [5.74, 6) is 1.58. The third-order valence-electron chi connectivity index (χ3n) is 3.66. The van der Waals surface area contributed by atoms with Gasteiger partial charge in [-0.25, -0.2) is 0 Å². The van der Waals surface area contributed by atoms with Gasteiger partial charge >= 0.3 is 0 Å². The fourth-order valence-electron chi connectivity index (χ4n) is 3.06. The minimum atomic E-state index is 0.0257. The molecular formula is C12H23NO. The van der Waals surface area contributed by atoms with Crippen molar-refractivity contribution in [2.45, 2.75) is 58.3 Å². The van der Waals surface area contributed by atoms with Crippen LogP contribution in [-0.2, 0) is 4.74 Å². The van der Waals surface area contributed by atoms with Gasteiger partial charge in [-0.15, -0.1) is 0 Å². The minimum absolute atomic E-state index is 0.0257.